The van der Waals surface area contributed by atoms with Gasteiger partial charge in [-0.25, -0.2) is 0 Å². The number of nitrogens with zero attached hydrogens (tertiary/aromatic N) is 1. The monoisotopic (exact) mass is 460 g/mol. The fraction of sp³-hybridized carbons (Fsp3) is 0.500. The molecule has 2 aromatic rings. The van der Waals surface area contributed by atoms with E-state index in [1.54, 1.807) is 31.0 Å². The van der Waals surface area contributed by atoms with Crippen LogP contribution in [0.1, 0.15) is 55.6 Å². The third-order valence-corrected chi connectivity index (χ3v) is 6.40. The summed E-state index contributed by atoms with van der Waals surface area (Å²) < 4.78 is 17.7. The molecular formula is C24H33N2O5P. The molecule has 0 radical (unpaired) electrons. The van der Waals surface area contributed by atoms with E-state index in [9.17, 15) is 9.59 Å². The molecule has 7 nitrogen and oxygen atoms in total. The zero-order valence-electron chi connectivity index (χ0n) is 19.2. The molecule has 174 valence electrons. The molecule has 3 rings (SSSR count). The van der Waals surface area contributed by atoms with Crippen molar-refractivity contribution in [2.24, 2.45) is 11.8 Å². The number of rotatable bonds is 7. The van der Waals surface area contributed by atoms with Crippen molar-refractivity contribution in [3.63, 3.8) is 0 Å². The second-order valence-corrected chi connectivity index (χ2v) is 8.98. The standard InChI is InChI=1S/C24H33N2O5P/c1-15-5-6-16(2)10-18(9-15)25-24(28)20-12-21(27)23(31-32)14-26(20)13-17-7-8-19(29-3)11-22(17)30-4/h7-8,11-12,14-16,18H,5-6,9-10,13,32H2,1-4H3,(H,25,28)/t15-,16+,18?. The Kier molecular flexibility index (Phi) is 8.19. The fourth-order valence-electron chi connectivity index (χ4n) is 4.38. The van der Waals surface area contributed by atoms with Gasteiger partial charge in [-0.1, -0.05) is 26.7 Å². The van der Waals surface area contributed by atoms with E-state index in [0.717, 1.165) is 18.4 Å². The number of pyridine rings is 1. The van der Waals surface area contributed by atoms with Gasteiger partial charge in [0.05, 0.1) is 36.4 Å². The molecule has 1 fully saturated rings. The van der Waals surface area contributed by atoms with Gasteiger partial charge in [-0.3, -0.25) is 9.59 Å². The highest BCUT2D eigenvalue weighted by atomic mass is 31.0. The molecule has 32 heavy (non-hydrogen) atoms. The fourth-order valence-corrected chi connectivity index (χ4v) is 4.56. The summed E-state index contributed by atoms with van der Waals surface area (Å²) in [4.78, 5) is 25.8. The summed E-state index contributed by atoms with van der Waals surface area (Å²) in [5.74, 6) is 2.32. The lowest BCUT2D eigenvalue weighted by Crippen LogP contribution is -2.38. The quantitative estimate of drug-likeness (QED) is 0.499. The smallest absolute Gasteiger partial charge is 0.268 e. The molecule has 2 unspecified atom stereocenters. The number of amides is 1. The number of benzene rings is 1. The Bertz CT molecular complexity index is 994. The minimum absolute atomic E-state index is 0.0896. The molecule has 8 heteroatoms. The minimum atomic E-state index is -0.342. The summed E-state index contributed by atoms with van der Waals surface area (Å²) in [5, 5.41) is 3.18. The van der Waals surface area contributed by atoms with Crippen molar-refractivity contribution in [1.82, 2.24) is 9.88 Å². The highest BCUT2D eigenvalue weighted by molar-refractivity contribution is 7.10. The van der Waals surface area contributed by atoms with Gasteiger partial charge in [-0.2, -0.15) is 0 Å². The molecule has 4 atom stereocenters. The predicted molar refractivity (Wildman–Crippen MR) is 128 cm³/mol. The molecule has 1 aliphatic rings. The topological polar surface area (TPSA) is 78.8 Å². The largest absolute Gasteiger partial charge is 0.497 e. The van der Waals surface area contributed by atoms with Crippen molar-refractivity contribution in [3.8, 4) is 17.2 Å². The van der Waals surface area contributed by atoms with Crippen molar-refractivity contribution >= 4 is 15.4 Å². The van der Waals surface area contributed by atoms with Crippen molar-refractivity contribution in [2.45, 2.75) is 52.1 Å². The van der Waals surface area contributed by atoms with Crippen LogP contribution in [0.3, 0.4) is 0 Å². The van der Waals surface area contributed by atoms with E-state index in [-0.39, 0.29) is 23.1 Å². The van der Waals surface area contributed by atoms with Crippen LogP contribution in [0.4, 0.5) is 0 Å². The van der Waals surface area contributed by atoms with Crippen LogP contribution in [0, 0.1) is 11.8 Å². The van der Waals surface area contributed by atoms with E-state index < -0.39 is 0 Å². The van der Waals surface area contributed by atoms with Crippen molar-refractivity contribution in [3.05, 3.63) is 51.9 Å². The van der Waals surface area contributed by atoms with E-state index in [0.29, 0.717) is 35.6 Å². The molecule has 0 bridgehead atoms. The molecule has 1 aromatic carbocycles. The summed E-state index contributed by atoms with van der Waals surface area (Å²) in [6, 6.07) is 6.94. The summed E-state index contributed by atoms with van der Waals surface area (Å²) >= 11 is 0. The van der Waals surface area contributed by atoms with Gasteiger partial charge in [0.2, 0.25) is 5.43 Å². The van der Waals surface area contributed by atoms with Crippen molar-refractivity contribution < 1.29 is 18.8 Å². The van der Waals surface area contributed by atoms with E-state index in [4.69, 9.17) is 14.0 Å². The third kappa shape index (κ3) is 5.83. The summed E-state index contributed by atoms with van der Waals surface area (Å²) in [7, 11) is 5.27. The zero-order chi connectivity index (χ0) is 23.3. The molecule has 0 aliphatic heterocycles. The average molecular weight is 461 g/mol. The Hall–Kier alpha value is -2.53. The maximum atomic E-state index is 13.3. The summed E-state index contributed by atoms with van der Waals surface area (Å²) in [6.45, 7) is 4.79. The first-order valence-electron chi connectivity index (χ1n) is 11.0. The van der Waals surface area contributed by atoms with Crippen LogP contribution in [0.5, 0.6) is 17.2 Å². The Balaban J connectivity index is 1.93. The SMILES string of the molecule is COc1ccc(Cn2cc(OP)c(=O)cc2C(=O)NC2C[C@H](C)CC[C@H](C)C2)c(OC)c1. The second-order valence-electron chi connectivity index (χ2n) is 8.74. The Morgan fingerprint density at radius 2 is 1.78 bits per heavy atom. The molecule has 1 saturated carbocycles. The first-order chi connectivity index (χ1) is 15.3. The number of methoxy groups -OCH3 is 2. The van der Waals surface area contributed by atoms with Gasteiger partial charge in [-0.15, -0.1) is 0 Å². The molecule has 1 aromatic heterocycles. The maximum absolute atomic E-state index is 13.3. The van der Waals surface area contributed by atoms with Crippen molar-refractivity contribution in [2.75, 3.05) is 14.2 Å². The van der Waals surface area contributed by atoms with Crippen LogP contribution >= 0.6 is 9.47 Å². The second kappa shape index (κ2) is 10.9. The van der Waals surface area contributed by atoms with Crippen LogP contribution in [0.25, 0.3) is 0 Å². The molecule has 0 saturated heterocycles. The van der Waals surface area contributed by atoms with Crippen LogP contribution in [-0.2, 0) is 6.54 Å². The molecule has 1 aliphatic carbocycles. The lowest BCUT2D eigenvalue weighted by molar-refractivity contribution is 0.0918. The number of carbonyl (C=O) groups excluding carboxylic acids is 1. The van der Waals surface area contributed by atoms with Crippen LogP contribution in [0.15, 0.2) is 35.3 Å². The first kappa shape index (κ1) is 24.1. The first-order valence-corrected chi connectivity index (χ1v) is 11.4. The van der Waals surface area contributed by atoms with Crippen LogP contribution in [-0.4, -0.2) is 30.7 Å². The van der Waals surface area contributed by atoms with E-state index in [2.05, 4.69) is 28.6 Å². The van der Waals surface area contributed by atoms with Gasteiger partial charge in [0.25, 0.3) is 5.91 Å². The number of nitrogens with one attached hydrogen (secondary N) is 1. The van der Waals surface area contributed by atoms with Crippen molar-refractivity contribution in [1.29, 1.82) is 0 Å². The van der Waals surface area contributed by atoms with Gasteiger partial charge in [-0.05, 0) is 36.8 Å². The molecule has 1 amide bonds. The molecular weight excluding hydrogens is 427 g/mol. The Labute approximate surface area is 191 Å². The Morgan fingerprint density at radius 1 is 1.09 bits per heavy atom. The average Bonchev–Trinajstić information content (AvgIpc) is 2.94. The highest BCUT2D eigenvalue weighted by Gasteiger charge is 2.25. The number of ether oxygens (including phenoxy) is 2. The van der Waals surface area contributed by atoms with E-state index in [1.165, 1.54) is 18.9 Å². The number of hydrogen-bond acceptors (Lipinski definition) is 5. The molecule has 1 heterocycles. The molecule has 0 spiro atoms. The van der Waals surface area contributed by atoms with Crippen LogP contribution in [0.2, 0.25) is 0 Å². The van der Waals surface area contributed by atoms with Gasteiger partial charge in [0.1, 0.15) is 17.2 Å². The third-order valence-electron chi connectivity index (χ3n) is 6.15. The molecule has 1 N–H and O–H groups in total. The van der Waals surface area contributed by atoms with E-state index >= 15 is 0 Å². The van der Waals surface area contributed by atoms with E-state index in [1.807, 2.05) is 12.1 Å². The van der Waals surface area contributed by atoms with Gasteiger partial charge < -0.3 is 23.9 Å². The normalized spacial score (nSPS) is 20.8. The lowest BCUT2D eigenvalue weighted by atomic mass is 10.00. The lowest BCUT2D eigenvalue weighted by Gasteiger charge is -2.22. The van der Waals surface area contributed by atoms with Gasteiger partial charge in [0.15, 0.2) is 5.75 Å². The highest BCUT2D eigenvalue weighted by Crippen LogP contribution is 2.28. The van der Waals surface area contributed by atoms with Gasteiger partial charge >= 0.3 is 0 Å². The summed E-state index contributed by atoms with van der Waals surface area (Å²) in [6.07, 6.45) is 5.80. The zero-order valence-corrected chi connectivity index (χ0v) is 20.4. The minimum Gasteiger partial charge on any atom is -0.497 e. The number of aromatic nitrogens is 1. The summed E-state index contributed by atoms with van der Waals surface area (Å²) in [5.41, 5.74) is 0.798. The van der Waals surface area contributed by atoms with Gasteiger partial charge in [0, 0.05) is 23.7 Å². The Morgan fingerprint density at radius 3 is 2.38 bits per heavy atom. The number of hydrogen-bond donors (Lipinski definition) is 1. The van der Waals surface area contributed by atoms with Crippen LogP contribution < -0.4 is 24.7 Å². The predicted octanol–water partition coefficient (Wildman–Crippen LogP) is 4.03. The maximum Gasteiger partial charge on any atom is 0.268 e. The number of carbonyl (C=O) groups is 1.